The summed E-state index contributed by atoms with van der Waals surface area (Å²) < 4.78 is 4.70. The minimum absolute atomic E-state index is 0.00620. The number of ether oxygens (including phenoxy) is 1. The van der Waals surface area contributed by atoms with Crippen LogP contribution in [-0.2, 0) is 9.53 Å². The summed E-state index contributed by atoms with van der Waals surface area (Å²) in [5.74, 6) is -0.331. The van der Waals surface area contributed by atoms with E-state index < -0.39 is 0 Å². The Morgan fingerprint density at radius 1 is 1.73 bits per heavy atom. The summed E-state index contributed by atoms with van der Waals surface area (Å²) in [7, 11) is 3.21. The normalized spacial score (nSPS) is 19.4. The van der Waals surface area contributed by atoms with Crippen molar-refractivity contribution in [1.82, 2.24) is 4.90 Å². The van der Waals surface area contributed by atoms with Gasteiger partial charge in [-0.1, -0.05) is 6.08 Å². The molecule has 4 nitrogen and oxygen atoms in total. The molecule has 0 aromatic rings. The Hall–Kier alpha value is -1.76. The van der Waals surface area contributed by atoms with Crippen LogP contribution in [0.15, 0.2) is 24.0 Å². The average molecular weight is 206 g/mol. The second-order valence-electron chi connectivity index (χ2n) is 3.39. The van der Waals surface area contributed by atoms with Gasteiger partial charge in [-0.3, -0.25) is 0 Å². The van der Waals surface area contributed by atoms with Crippen LogP contribution in [0, 0.1) is 17.2 Å². The maximum atomic E-state index is 11.5. The van der Waals surface area contributed by atoms with E-state index in [2.05, 4.69) is 6.07 Å². The van der Waals surface area contributed by atoms with Crippen LogP contribution in [0.2, 0.25) is 0 Å². The smallest absolute Gasteiger partial charge is 0.335 e. The molecule has 0 radical (unpaired) electrons. The largest absolute Gasteiger partial charge is 0.466 e. The third-order valence-electron chi connectivity index (χ3n) is 2.28. The summed E-state index contributed by atoms with van der Waals surface area (Å²) in [5.41, 5.74) is 0.609. The zero-order valence-corrected chi connectivity index (χ0v) is 8.93. The summed E-state index contributed by atoms with van der Waals surface area (Å²) >= 11 is 0. The lowest BCUT2D eigenvalue weighted by Gasteiger charge is -2.22. The second-order valence-corrected chi connectivity index (χ2v) is 3.39. The van der Waals surface area contributed by atoms with Crippen LogP contribution in [0.4, 0.5) is 0 Å². The molecular formula is C11H14N2O2. The van der Waals surface area contributed by atoms with E-state index in [1.165, 1.54) is 7.11 Å². The molecule has 0 saturated carbocycles. The third-order valence-corrected chi connectivity index (χ3v) is 2.28. The minimum atomic E-state index is -0.325. The fourth-order valence-corrected chi connectivity index (χ4v) is 1.50. The lowest BCUT2D eigenvalue weighted by molar-refractivity contribution is -0.136. The second kappa shape index (κ2) is 5.20. The predicted molar refractivity (Wildman–Crippen MR) is 55.3 cm³/mol. The van der Waals surface area contributed by atoms with Crippen LogP contribution in [0.25, 0.3) is 0 Å². The number of hydrogen-bond acceptors (Lipinski definition) is 4. The first-order chi connectivity index (χ1) is 7.19. The molecule has 4 heteroatoms. The number of carbonyl (C=O) groups excluding carboxylic acids is 1. The van der Waals surface area contributed by atoms with Crippen molar-refractivity contribution in [1.29, 1.82) is 5.26 Å². The SMILES string of the molecule is COC(=O)C1=CN(C)C=CC1CCC#N. The van der Waals surface area contributed by atoms with E-state index in [0.29, 0.717) is 18.4 Å². The number of esters is 1. The van der Waals surface area contributed by atoms with E-state index in [0.717, 1.165) is 0 Å². The fraction of sp³-hybridized carbons (Fsp3) is 0.455. The van der Waals surface area contributed by atoms with Gasteiger partial charge in [-0.2, -0.15) is 5.26 Å². The fourth-order valence-electron chi connectivity index (χ4n) is 1.50. The van der Waals surface area contributed by atoms with Gasteiger partial charge in [0, 0.05) is 25.6 Å². The molecule has 1 rings (SSSR count). The van der Waals surface area contributed by atoms with Crippen molar-refractivity contribution in [2.45, 2.75) is 12.8 Å². The zero-order chi connectivity index (χ0) is 11.3. The van der Waals surface area contributed by atoms with E-state index in [1.54, 1.807) is 11.1 Å². The number of carbonyl (C=O) groups is 1. The van der Waals surface area contributed by atoms with Gasteiger partial charge < -0.3 is 9.64 Å². The van der Waals surface area contributed by atoms with Gasteiger partial charge in [-0.15, -0.1) is 0 Å². The number of rotatable bonds is 3. The molecule has 0 fully saturated rings. The molecule has 0 spiro atoms. The van der Waals surface area contributed by atoms with Gasteiger partial charge in [0.2, 0.25) is 0 Å². The number of nitriles is 1. The lowest BCUT2D eigenvalue weighted by atomic mass is 9.93. The van der Waals surface area contributed by atoms with Gasteiger partial charge in [0.25, 0.3) is 0 Å². The number of nitrogens with zero attached hydrogens (tertiary/aromatic N) is 2. The van der Waals surface area contributed by atoms with Gasteiger partial charge in [-0.25, -0.2) is 4.79 Å². The van der Waals surface area contributed by atoms with Gasteiger partial charge >= 0.3 is 5.97 Å². The maximum absolute atomic E-state index is 11.5. The molecule has 1 atom stereocenters. The van der Waals surface area contributed by atoms with Crippen LogP contribution in [0.5, 0.6) is 0 Å². The van der Waals surface area contributed by atoms with Crippen molar-refractivity contribution in [3.05, 3.63) is 24.0 Å². The van der Waals surface area contributed by atoms with E-state index in [-0.39, 0.29) is 11.9 Å². The molecule has 1 aliphatic heterocycles. The summed E-state index contributed by atoms with van der Waals surface area (Å²) in [6.07, 6.45) is 6.64. The average Bonchev–Trinajstić information content (AvgIpc) is 2.26. The highest BCUT2D eigenvalue weighted by atomic mass is 16.5. The molecule has 0 N–H and O–H groups in total. The van der Waals surface area contributed by atoms with Gasteiger partial charge in [0.15, 0.2) is 0 Å². The minimum Gasteiger partial charge on any atom is -0.466 e. The standard InChI is InChI=1S/C11H14N2O2/c1-13-7-5-9(4-3-6-12)10(8-13)11(14)15-2/h5,7-9H,3-4H2,1-2H3. The first-order valence-electron chi connectivity index (χ1n) is 4.76. The first kappa shape index (κ1) is 11.3. The Balaban J connectivity index is 2.77. The first-order valence-corrected chi connectivity index (χ1v) is 4.76. The van der Waals surface area contributed by atoms with E-state index in [9.17, 15) is 4.79 Å². The van der Waals surface area contributed by atoms with Crippen LogP contribution < -0.4 is 0 Å². The summed E-state index contributed by atoms with van der Waals surface area (Å²) in [6, 6.07) is 2.08. The van der Waals surface area contributed by atoms with E-state index in [1.807, 2.05) is 19.3 Å². The highest BCUT2D eigenvalue weighted by molar-refractivity contribution is 5.89. The summed E-state index contributed by atoms with van der Waals surface area (Å²) in [6.45, 7) is 0. The van der Waals surface area contributed by atoms with Crippen LogP contribution in [0.1, 0.15) is 12.8 Å². The third kappa shape index (κ3) is 2.84. The van der Waals surface area contributed by atoms with Crippen molar-refractivity contribution in [2.24, 2.45) is 5.92 Å². The van der Waals surface area contributed by atoms with Crippen LogP contribution >= 0.6 is 0 Å². The molecule has 1 aliphatic rings. The highest BCUT2D eigenvalue weighted by Gasteiger charge is 2.22. The van der Waals surface area contributed by atoms with Crippen LogP contribution in [-0.4, -0.2) is 25.0 Å². The summed E-state index contributed by atoms with van der Waals surface area (Å²) in [5, 5.41) is 8.51. The topological polar surface area (TPSA) is 53.3 Å². The van der Waals surface area contributed by atoms with Crippen molar-refractivity contribution in [3.8, 4) is 6.07 Å². The Morgan fingerprint density at radius 3 is 3.07 bits per heavy atom. The molecular weight excluding hydrogens is 192 g/mol. The van der Waals surface area contributed by atoms with Crippen molar-refractivity contribution < 1.29 is 9.53 Å². The Labute approximate surface area is 89.4 Å². The van der Waals surface area contributed by atoms with Gasteiger partial charge in [0.1, 0.15) is 0 Å². The van der Waals surface area contributed by atoms with Crippen LogP contribution in [0.3, 0.4) is 0 Å². The summed E-state index contributed by atoms with van der Waals surface area (Å²) in [4.78, 5) is 13.3. The quantitative estimate of drug-likeness (QED) is 0.655. The predicted octanol–water partition coefficient (Wildman–Crippen LogP) is 1.42. The molecule has 80 valence electrons. The Bertz CT molecular complexity index is 339. The Morgan fingerprint density at radius 2 is 2.47 bits per heavy atom. The van der Waals surface area contributed by atoms with E-state index >= 15 is 0 Å². The Kier molecular flexibility index (Phi) is 3.92. The van der Waals surface area contributed by atoms with E-state index in [4.69, 9.17) is 10.00 Å². The van der Waals surface area contributed by atoms with Crippen molar-refractivity contribution in [3.63, 3.8) is 0 Å². The monoisotopic (exact) mass is 206 g/mol. The molecule has 0 aromatic heterocycles. The van der Waals surface area contributed by atoms with Gasteiger partial charge in [-0.05, 0) is 12.6 Å². The molecule has 1 unspecified atom stereocenters. The molecule has 1 heterocycles. The molecule has 0 saturated heterocycles. The number of allylic oxidation sites excluding steroid dienone is 1. The zero-order valence-electron chi connectivity index (χ0n) is 8.93. The molecule has 15 heavy (non-hydrogen) atoms. The molecule has 0 aliphatic carbocycles. The maximum Gasteiger partial charge on any atom is 0.335 e. The molecule has 0 aromatic carbocycles. The number of hydrogen-bond donors (Lipinski definition) is 0. The van der Waals surface area contributed by atoms with Crippen molar-refractivity contribution in [2.75, 3.05) is 14.2 Å². The highest BCUT2D eigenvalue weighted by Crippen LogP contribution is 2.23. The molecule has 0 amide bonds. The number of methoxy groups -OCH3 is 1. The lowest BCUT2D eigenvalue weighted by Crippen LogP contribution is -2.20. The molecule has 0 bridgehead atoms. The van der Waals surface area contributed by atoms with Crippen molar-refractivity contribution >= 4 is 5.97 Å². The van der Waals surface area contributed by atoms with Gasteiger partial charge in [0.05, 0.1) is 18.8 Å².